The average molecular weight is 297 g/mol. The van der Waals surface area contributed by atoms with E-state index in [1.165, 1.54) is 0 Å². The Balaban J connectivity index is 1.85. The third-order valence-electron chi connectivity index (χ3n) is 3.67. The van der Waals surface area contributed by atoms with Crippen LogP contribution in [-0.4, -0.2) is 12.1 Å². The molecule has 116 valence electrons. The maximum atomic E-state index is 6.23. The van der Waals surface area contributed by atoms with Gasteiger partial charge < -0.3 is 14.8 Å². The molecule has 1 aliphatic heterocycles. The molecule has 0 amide bonds. The van der Waals surface area contributed by atoms with Gasteiger partial charge in [0.15, 0.2) is 11.5 Å². The molecule has 0 saturated carbocycles. The summed E-state index contributed by atoms with van der Waals surface area (Å²) in [5.41, 5.74) is 1.22. The van der Waals surface area contributed by atoms with E-state index in [1.54, 1.807) is 0 Å². The zero-order valence-corrected chi connectivity index (χ0v) is 13.4. The fourth-order valence-electron chi connectivity index (χ4n) is 2.60. The molecule has 0 spiro atoms. The fraction of sp³-hybridized carbons (Fsp3) is 0.368. The second kappa shape index (κ2) is 6.01. The Labute approximate surface area is 132 Å². The molecule has 1 atom stereocenters. The molecule has 3 heteroatoms. The number of benzene rings is 2. The van der Waals surface area contributed by atoms with Crippen LogP contribution in [0.4, 0.5) is 0 Å². The van der Waals surface area contributed by atoms with E-state index in [-0.39, 0.29) is 11.6 Å². The predicted octanol–water partition coefficient (Wildman–Crippen LogP) is 4.69. The molecular weight excluding hydrogens is 274 g/mol. The average Bonchev–Trinajstić information content (AvgIpc) is 2.62. The summed E-state index contributed by atoms with van der Waals surface area (Å²) in [7, 11) is 0. The summed E-state index contributed by atoms with van der Waals surface area (Å²) in [6.45, 7) is 7.42. The van der Waals surface area contributed by atoms with Gasteiger partial charge in [0.2, 0.25) is 0 Å². The summed E-state index contributed by atoms with van der Waals surface area (Å²) in [6.07, 6.45) is 0.890. The molecule has 0 aliphatic carbocycles. The minimum Gasteiger partial charge on any atom is -0.482 e. The number of rotatable bonds is 3. The minimum absolute atomic E-state index is 0.00491. The number of ether oxygens (including phenoxy) is 2. The Morgan fingerprint density at radius 2 is 1.55 bits per heavy atom. The van der Waals surface area contributed by atoms with Gasteiger partial charge in [0.05, 0.1) is 0 Å². The van der Waals surface area contributed by atoms with Crippen molar-refractivity contribution in [3.63, 3.8) is 0 Å². The van der Waals surface area contributed by atoms with Gasteiger partial charge in [0.25, 0.3) is 0 Å². The van der Waals surface area contributed by atoms with E-state index < -0.39 is 0 Å². The van der Waals surface area contributed by atoms with Gasteiger partial charge in [-0.3, -0.25) is 0 Å². The summed E-state index contributed by atoms with van der Waals surface area (Å²) in [5.74, 6) is 2.47. The van der Waals surface area contributed by atoms with E-state index in [2.05, 4.69) is 32.2 Å². The smallest absolute Gasteiger partial charge is 0.169 e. The molecule has 1 N–H and O–H groups in total. The highest BCUT2D eigenvalue weighted by Gasteiger charge is 2.24. The minimum atomic E-state index is -0.00491. The van der Waals surface area contributed by atoms with Crippen molar-refractivity contribution in [1.29, 1.82) is 0 Å². The highest BCUT2D eigenvalue weighted by Crippen LogP contribution is 2.42. The number of hydrogen-bond donors (Lipinski definition) is 1. The molecule has 3 rings (SSSR count). The van der Waals surface area contributed by atoms with Crippen molar-refractivity contribution in [2.45, 2.75) is 38.8 Å². The molecule has 0 bridgehead atoms. The van der Waals surface area contributed by atoms with Crippen LogP contribution in [-0.2, 0) is 0 Å². The highest BCUT2D eigenvalue weighted by molar-refractivity contribution is 5.48. The van der Waals surface area contributed by atoms with Gasteiger partial charge in [-0.25, -0.2) is 0 Å². The lowest BCUT2D eigenvalue weighted by Crippen LogP contribution is -2.37. The van der Waals surface area contributed by atoms with E-state index in [0.29, 0.717) is 0 Å². The molecule has 1 heterocycles. The van der Waals surface area contributed by atoms with Crippen LogP contribution in [0, 0.1) is 0 Å². The molecule has 2 aromatic carbocycles. The Morgan fingerprint density at radius 3 is 2.27 bits per heavy atom. The van der Waals surface area contributed by atoms with E-state index in [1.807, 2.05) is 42.5 Å². The Kier molecular flexibility index (Phi) is 4.08. The van der Waals surface area contributed by atoms with Gasteiger partial charge in [0.1, 0.15) is 11.9 Å². The predicted molar refractivity (Wildman–Crippen MR) is 88.7 cm³/mol. The maximum Gasteiger partial charge on any atom is 0.169 e. The lowest BCUT2D eigenvalue weighted by molar-refractivity contribution is 0.192. The summed E-state index contributed by atoms with van der Waals surface area (Å²) >= 11 is 0. The van der Waals surface area contributed by atoms with Gasteiger partial charge in [-0.05, 0) is 45.5 Å². The summed E-state index contributed by atoms with van der Waals surface area (Å²) in [6, 6.07) is 16.0. The van der Waals surface area contributed by atoms with Crippen molar-refractivity contribution in [3.05, 3.63) is 54.1 Å². The van der Waals surface area contributed by atoms with E-state index in [9.17, 15) is 0 Å². The molecule has 0 fully saturated rings. The largest absolute Gasteiger partial charge is 0.482 e. The van der Waals surface area contributed by atoms with Crippen molar-refractivity contribution in [2.24, 2.45) is 0 Å². The second-order valence-electron chi connectivity index (χ2n) is 6.66. The zero-order chi connectivity index (χ0) is 15.6. The first-order valence-corrected chi connectivity index (χ1v) is 7.80. The molecule has 2 aromatic rings. The lowest BCUT2D eigenvalue weighted by atomic mass is 10.0. The quantitative estimate of drug-likeness (QED) is 0.891. The summed E-state index contributed by atoms with van der Waals surface area (Å²) in [5, 5.41) is 3.52. The normalized spacial score (nSPS) is 16.8. The third-order valence-corrected chi connectivity index (χ3v) is 3.67. The summed E-state index contributed by atoms with van der Waals surface area (Å²) in [4.78, 5) is 0. The van der Waals surface area contributed by atoms with Crippen molar-refractivity contribution >= 4 is 0 Å². The number of nitrogens with one attached hydrogen (secondary N) is 1. The van der Waals surface area contributed by atoms with Crippen LogP contribution in [0.3, 0.4) is 0 Å². The first-order chi connectivity index (χ1) is 10.5. The molecule has 0 saturated heterocycles. The first kappa shape index (κ1) is 14.9. The van der Waals surface area contributed by atoms with Crippen LogP contribution in [0.2, 0.25) is 0 Å². The molecule has 1 unspecified atom stereocenters. The molecule has 22 heavy (non-hydrogen) atoms. The molecule has 0 radical (unpaired) electrons. The van der Waals surface area contributed by atoms with Crippen LogP contribution in [0.25, 0.3) is 0 Å². The third kappa shape index (κ3) is 3.42. The van der Waals surface area contributed by atoms with Gasteiger partial charge in [-0.15, -0.1) is 0 Å². The second-order valence-corrected chi connectivity index (χ2v) is 6.66. The standard InChI is InChI=1S/C19H23NO2/c1-19(2,3)20-13-12-16-14-8-4-5-9-15(14)21-17-10-6-7-11-18(17)22-16/h4-11,16,20H,12-13H2,1-3H3. The van der Waals surface area contributed by atoms with Gasteiger partial charge in [-0.2, -0.15) is 0 Å². The van der Waals surface area contributed by atoms with Crippen molar-refractivity contribution in [1.82, 2.24) is 5.32 Å². The van der Waals surface area contributed by atoms with Crippen molar-refractivity contribution < 1.29 is 9.47 Å². The van der Waals surface area contributed by atoms with Gasteiger partial charge >= 0.3 is 0 Å². The summed E-state index contributed by atoms with van der Waals surface area (Å²) < 4.78 is 12.3. The van der Waals surface area contributed by atoms with E-state index in [0.717, 1.165) is 35.8 Å². The van der Waals surface area contributed by atoms with E-state index >= 15 is 0 Å². The van der Waals surface area contributed by atoms with Crippen LogP contribution in [0.1, 0.15) is 38.9 Å². The molecule has 1 aliphatic rings. The molecular formula is C19H23NO2. The Morgan fingerprint density at radius 1 is 0.909 bits per heavy atom. The number of fused-ring (bicyclic) bond motifs is 2. The Hall–Kier alpha value is -2.00. The lowest BCUT2D eigenvalue weighted by Gasteiger charge is -2.23. The monoisotopic (exact) mass is 297 g/mol. The van der Waals surface area contributed by atoms with Crippen LogP contribution in [0.5, 0.6) is 17.2 Å². The van der Waals surface area contributed by atoms with Gasteiger partial charge in [0, 0.05) is 17.5 Å². The van der Waals surface area contributed by atoms with Crippen LogP contribution in [0.15, 0.2) is 48.5 Å². The fourth-order valence-corrected chi connectivity index (χ4v) is 2.60. The van der Waals surface area contributed by atoms with Crippen LogP contribution >= 0.6 is 0 Å². The zero-order valence-electron chi connectivity index (χ0n) is 13.4. The Bertz CT molecular complexity index is 646. The maximum absolute atomic E-state index is 6.23. The van der Waals surface area contributed by atoms with Crippen molar-refractivity contribution in [2.75, 3.05) is 6.54 Å². The topological polar surface area (TPSA) is 30.5 Å². The SMILES string of the molecule is CC(C)(C)NCCC1Oc2ccccc2Oc2ccccc21. The van der Waals surface area contributed by atoms with Crippen molar-refractivity contribution in [3.8, 4) is 17.2 Å². The van der Waals surface area contributed by atoms with Crippen LogP contribution < -0.4 is 14.8 Å². The highest BCUT2D eigenvalue weighted by atomic mass is 16.5. The molecule has 0 aromatic heterocycles. The van der Waals surface area contributed by atoms with Gasteiger partial charge in [-0.1, -0.05) is 30.3 Å². The molecule has 3 nitrogen and oxygen atoms in total. The number of para-hydroxylation sites is 3. The first-order valence-electron chi connectivity index (χ1n) is 7.80. The number of hydrogen-bond acceptors (Lipinski definition) is 3. The van der Waals surface area contributed by atoms with E-state index in [4.69, 9.17) is 9.47 Å².